The molecule has 1 aromatic carbocycles. The first-order chi connectivity index (χ1) is 8.22. The van der Waals surface area contributed by atoms with Gasteiger partial charge in [-0.15, -0.1) is 0 Å². The molecule has 1 aromatic heterocycles. The van der Waals surface area contributed by atoms with E-state index >= 15 is 0 Å². The molecule has 0 unspecified atom stereocenters. The standard InChI is InChI=1S/C13H10O4/c1-2-7-16-12(14)10-8-9-5-3-4-6-11(9)17-13(10)15/h2-8H,1H3/b7-2+. The summed E-state index contributed by atoms with van der Waals surface area (Å²) in [4.78, 5) is 23.1. The van der Waals surface area contributed by atoms with Crippen LogP contribution in [-0.2, 0) is 4.74 Å². The Morgan fingerprint density at radius 3 is 2.88 bits per heavy atom. The molecule has 0 atom stereocenters. The van der Waals surface area contributed by atoms with Gasteiger partial charge in [0, 0.05) is 5.39 Å². The first kappa shape index (κ1) is 11.1. The van der Waals surface area contributed by atoms with Crippen LogP contribution < -0.4 is 5.63 Å². The fraction of sp³-hybridized carbons (Fsp3) is 0.0769. The number of benzene rings is 1. The van der Waals surface area contributed by atoms with E-state index < -0.39 is 11.6 Å². The highest BCUT2D eigenvalue weighted by molar-refractivity contribution is 5.93. The number of fused-ring (bicyclic) bond motifs is 1. The third-order valence-electron chi connectivity index (χ3n) is 2.17. The highest BCUT2D eigenvalue weighted by Crippen LogP contribution is 2.13. The number of carbonyl (C=O) groups excluding carboxylic acids is 1. The Hall–Kier alpha value is -2.36. The SMILES string of the molecule is C/C=C/OC(=O)c1cc2ccccc2oc1=O. The van der Waals surface area contributed by atoms with E-state index in [4.69, 9.17) is 9.15 Å². The number of hydrogen-bond acceptors (Lipinski definition) is 4. The second-order valence-corrected chi connectivity index (χ2v) is 3.36. The number of carbonyl (C=O) groups is 1. The van der Waals surface area contributed by atoms with Crippen molar-refractivity contribution in [3.8, 4) is 0 Å². The topological polar surface area (TPSA) is 56.5 Å². The van der Waals surface area contributed by atoms with Crippen molar-refractivity contribution >= 4 is 16.9 Å². The van der Waals surface area contributed by atoms with Gasteiger partial charge < -0.3 is 9.15 Å². The Morgan fingerprint density at radius 2 is 2.12 bits per heavy atom. The Bertz CT molecular complexity index is 637. The lowest BCUT2D eigenvalue weighted by molar-refractivity contribution is 0.0658. The van der Waals surface area contributed by atoms with Gasteiger partial charge in [0.25, 0.3) is 0 Å². The molecule has 0 saturated heterocycles. The number of ether oxygens (including phenoxy) is 1. The van der Waals surface area contributed by atoms with Crippen LogP contribution in [0.2, 0.25) is 0 Å². The van der Waals surface area contributed by atoms with Crippen molar-refractivity contribution in [3.63, 3.8) is 0 Å². The molecule has 0 aliphatic heterocycles. The van der Waals surface area contributed by atoms with Gasteiger partial charge in [-0.2, -0.15) is 0 Å². The van der Waals surface area contributed by atoms with Gasteiger partial charge in [0.1, 0.15) is 11.1 Å². The maximum atomic E-state index is 11.5. The molecule has 0 bridgehead atoms. The summed E-state index contributed by atoms with van der Waals surface area (Å²) in [5.41, 5.74) is -0.361. The van der Waals surface area contributed by atoms with E-state index in [1.165, 1.54) is 12.3 Å². The first-order valence-corrected chi connectivity index (χ1v) is 5.07. The van der Waals surface area contributed by atoms with E-state index in [0.717, 1.165) is 0 Å². The predicted molar refractivity (Wildman–Crippen MR) is 62.7 cm³/mol. The van der Waals surface area contributed by atoms with E-state index in [9.17, 15) is 9.59 Å². The lowest BCUT2D eigenvalue weighted by atomic mass is 10.2. The average Bonchev–Trinajstić information content (AvgIpc) is 2.35. The highest BCUT2D eigenvalue weighted by Gasteiger charge is 2.13. The third-order valence-corrected chi connectivity index (χ3v) is 2.17. The minimum Gasteiger partial charge on any atom is -0.431 e. The zero-order chi connectivity index (χ0) is 12.3. The van der Waals surface area contributed by atoms with Crippen molar-refractivity contribution in [1.82, 2.24) is 0 Å². The Kier molecular flexibility index (Phi) is 3.05. The van der Waals surface area contributed by atoms with Crippen molar-refractivity contribution in [1.29, 1.82) is 0 Å². The van der Waals surface area contributed by atoms with Crippen molar-refractivity contribution in [2.24, 2.45) is 0 Å². The second-order valence-electron chi connectivity index (χ2n) is 3.36. The lowest BCUT2D eigenvalue weighted by Gasteiger charge is -2.00. The first-order valence-electron chi connectivity index (χ1n) is 5.07. The van der Waals surface area contributed by atoms with E-state index in [-0.39, 0.29) is 5.56 Å². The van der Waals surface area contributed by atoms with Crippen molar-refractivity contribution in [3.05, 3.63) is 58.7 Å². The molecule has 86 valence electrons. The summed E-state index contributed by atoms with van der Waals surface area (Å²) in [6.07, 6.45) is 2.78. The zero-order valence-corrected chi connectivity index (χ0v) is 9.17. The third kappa shape index (κ3) is 2.25. The normalized spacial score (nSPS) is 10.9. The number of rotatable bonds is 2. The van der Waals surface area contributed by atoms with E-state index in [1.807, 2.05) is 0 Å². The van der Waals surface area contributed by atoms with E-state index in [1.54, 1.807) is 37.3 Å². The van der Waals surface area contributed by atoms with Crippen LogP contribution in [0.5, 0.6) is 0 Å². The summed E-state index contributed by atoms with van der Waals surface area (Å²) in [5.74, 6) is -0.720. The largest absolute Gasteiger partial charge is 0.431 e. The van der Waals surface area contributed by atoms with Crippen LogP contribution in [0.25, 0.3) is 11.0 Å². The molecular weight excluding hydrogens is 220 g/mol. The molecule has 0 saturated carbocycles. The van der Waals surface area contributed by atoms with Gasteiger partial charge in [0.05, 0.1) is 6.26 Å². The molecule has 4 nitrogen and oxygen atoms in total. The molecule has 0 fully saturated rings. The smallest absolute Gasteiger partial charge is 0.351 e. The van der Waals surface area contributed by atoms with Crippen LogP contribution in [0.3, 0.4) is 0 Å². The number of esters is 1. The number of allylic oxidation sites excluding steroid dienone is 1. The number of hydrogen-bond donors (Lipinski definition) is 0. The fourth-order valence-corrected chi connectivity index (χ4v) is 1.40. The van der Waals surface area contributed by atoms with E-state index in [0.29, 0.717) is 11.0 Å². The molecule has 0 N–H and O–H groups in total. The highest BCUT2D eigenvalue weighted by atomic mass is 16.5. The summed E-state index contributed by atoms with van der Waals surface area (Å²) in [6.45, 7) is 1.70. The average molecular weight is 230 g/mol. The maximum Gasteiger partial charge on any atom is 0.351 e. The van der Waals surface area contributed by atoms with Crippen molar-refractivity contribution in [2.45, 2.75) is 6.92 Å². The molecule has 0 aliphatic rings. The molecule has 17 heavy (non-hydrogen) atoms. The molecule has 1 heterocycles. The van der Waals surface area contributed by atoms with Crippen LogP contribution in [0, 0.1) is 0 Å². The molecule has 0 amide bonds. The molecule has 2 rings (SSSR count). The summed E-state index contributed by atoms with van der Waals surface area (Å²) in [5, 5.41) is 0.680. The van der Waals surface area contributed by atoms with Crippen molar-refractivity contribution < 1.29 is 13.9 Å². The molecule has 4 heteroatoms. The van der Waals surface area contributed by atoms with E-state index in [2.05, 4.69) is 0 Å². The monoisotopic (exact) mass is 230 g/mol. The summed E-state index contributed by atoms with van der Waals surface area (Å²) in [7, 11) is 0. The van der Waals surface area contributed by atoms with Gasteiger partial charge in [-0.25, -0.2) is 9.59 Å². The molecule has 0 spiro atoms. The van der Waals surface area contributed by atoms with Gasteiger partial charge in [-0.3, -0.25) is 0 Å². The summed E-state index contributed by atoms with van der Waals surface area (Å²) in [6, 6.07) is 8.43. The fourth-order valence-electron chi connectivity index (χ4n) is 1.40. The van der Waals surface area contributed by atoms with Crippen LogP contribution in [0.1, 0.15) is 17.3 Å². The van der Waals surface area contributed by atoms with Crippen LogP contribution in [0.4, 0.5) is 0 Å². The van der Waals surface area contributed by atoms with Crippen LogP contribution in [-0.4, -0.2) is 5.97 Å². The van der Waals surface area contributed by atoms with Crippen molar-refractivity contribution in [2.75, 3.05) is 0 Å². The minimum atomic E-state index is -0.720. The Morgan fingerprint density at radius 1 is 1.35 bits per heavy atom. The molecule has 0 radical (unpaired) electrons. The molecule has 2 aromatic rings. The van der Waals surface area contributed by atoms with Crippen LogP contribution in [0.15, 0.2) is 51.9 Å². The van der Waals surface area contributed by atoms with Gasteiger partial charge in [0.2, 0.25) is 0 Å². The minimum absolute atomic E-state index is 0.109. The Balaban J connectivity index is 2.51. The van der Waals surface area contributed by atoms with Gasteiger partial charge >= 0.3 is 11.6 Å². The second kappa shape index (κ2) is 4.65. The maximum absolute atomic E-state index is 11.5. The molecular formula is C13H10O4. The summed E-state index contributed by atoms with van der Waals surface area (Å²) >= 11 is 0. The summed E-state index contributed by atoms with van der Waals surface area (Å²) < 4.78 is 9.74. The lowest BCUT2D eigenvalue weighted by Crippen LogP contribution is -2.14. The zero-order valence-electron chi connectivity index (χ0n) is 9.17. The van der Waals surface area contributed by atoms with Gasteiger partial charge in [-0.05, 0) is 19.1 Å². The van der Waals surface area contributed by atoms with Gasteiger partial charge in [0.15, 0.2) is 0 Å². The van der Waals surface area contributed by atoms with Crippen LogP contribution >= 0.6 is 0 Å². The Labute approximate surface area is 97.1 Å². The predicted octanol–water partition coefficient (Wildman–Crippen LogP) is 2.48. The molecule has 0 aliphatic carbocycles. The quantitative estimate of drug-likeness (QED) is 0.452. The van der Waals surface area contributed by atoms with Gasteiger partial charge in [-0.1, -0.05) is 24.3 Å². The number of para-hydroxylation sites is 1.